The number of likely N-dealkylation sites (N-methyl/N-ethyl adjacent to an activating group) is 1. The van der Waals surface area contributed by atoms with Gasteiger partial charge in [0.05, 0.1) is 18.4 Å². The van der Waals surface area contributed by atoms with Crippen LogP contribution in [-0.2, 0) is 22.6 Å². The van der Waals surface area contributed by atoms with Crippen LogP contribution < -0.4 is 5.32 Å². The molecular weight excluding hydrogens is 380 g/mol. The van der Waals surface area contributed by atoms with E-state index in [1.165, 1.54) is 5.56 Å². The first kappa shape index (κ1) is 21.2. The minimum absolute atomic E-state index is 0.260. The zero-order valence-electron chi connectivity index (χ0n) is 17.5. The number of hydrogen-bond acceptors (Lipinski definition) is 5. The molecule has 1 amide bonds. The van der Waals surface area contributed by atoms with Gasteiger partial charge in [-0.3, -0.25) is 4.79 Å². The Balaban J connectivity index is 1.56. The number of carbonyl (C=O) groups excluding carboxylic acids is 2. The zero-order valence-corrected chi connectivity index (χ0v) is 17.5. The maximum atomic E-state index is 12.5. The number of nitrogens with one attached hydrogen (secondary N) is 1. The van der Waals surface area contributed by atoms with E-state index in [0.717, 1.165) is 16.9 Å². The Labute approximate surface area is 176 Å². The van der Waals surface area contributed by atoms with Gasteiger partial charge in [0.1, 0.15) is 5.76 Å². The summed E-state index contributed by atoms with van der Waals surface area (Å²) in [7, 11) is 1.70. The van der Waals surface area contributed by atoms with E-state index in [0.29, 0.717) is 24.3 Å². The van der Waals surface area contributed by atoms with Crippen LogP contribution >= 0.6 is 0 Å². The van der Waals surface area contributed by atoms with Crippen LogP contribution in [0.15, 0.2) is 65.3 Å². The van der Waals surface area contributed by atoms with Crippen molar-refractivity contribution in [3.63, 3.8) is 0 Å². The van der Waals surface area contributed by atoms with Gasteiger partial charge in [-0.15, -0.1) is 0 Å². The highest BCUT2D eigenvalue weighted by Gasteiger charge is 2.17. The molecule has 6 heteroatoms. The van der Waals surface area contributed by atoms with Gasteiger partial charge in [0.15, 0.2) is 6.61 Å². The van der Waals surface area contributed by atoms with Crippen LogP contribution in [0.2, 0.25) is 0 Å². The van der Waals surface area contributed by atoms with E-state index < -0.39 is 5.97 Å². The van der Waals surface area contributed by atoms with Crippen LogP contribution in [-0.4, -0.2) is 30.4 Å². The number of benzene rings is 2. The molecule has 1 heterocycles. The number of nitrogens with zero attached hydrogens (tertiary/aromatic N) is 1. The summed E-state index contributed by atoms with van der Waals surface area (Å²) in [6.45, 7) is 4.64. The van der Waals surface area contributed by atoms with Crippen molar-refractivity contribution in [1.29, 1.82) is 0 Å². The van der Waals surface area contributed by atoms with E-state index in [4.69, 9.17) is 9.15 Å². The highest BCUT2D eigenvalue weighted by molar-refractivity contribution is 5.96. The maximum Gasteiger partial charge on any atom is 0.340 e. The van der Waals surface area contributed by atoms with Gasteiger partial charge in [-0.1, -0.05) is 35.9 Å². The fourth-order valence-corrected chi connectivity index (χ4v) is 3.09. The molecule has 3 rings (SSSR count). The number of anilines is 1. The van der Waals surface area contributed by atoms with Crippen molar-refractivity contribution in [2.24, 2.45) is 0 Å². The van der Waals surface area contributed by atoms with Crippen molar-refractivity contribution in [2.75, 3.05) is 19.0 Å². The predicted molar refractivity (Wildman–Crippen MR) is 115 cm³/mol. The first-order valence-corrected chi connectivity index (χ1v) is 9.76. The Morgan fingerprint density at radius 2 is 1.87 bits per heavy atom. The molecule has 0 aliphatic rings. The lowest BCUT2D eigenvalue weighted by molar-refractivity contribution is -0.133. The Morgan fingerprint density at radius 3 is 2.60 bits per heavy atom. The first-order valence-electron chi connectivity index (χ1n) is 9.76. The zero-order chi connectivity index (χ0) is 21.5. The van der Waals surface area contributed by atoms with E-state index in [1.54, 1.807) is 42.5 Å². The Bertz CT molecular complexity index is 1010. The van der Waals surface area contributed by atoms with Crippen LogP contribution in [0, 0.1) is 13.8 Å². The lowest BCUT2D eigenvalue weighted by Crippen LogP contribution is -2.31. The van der Waals surface area contributed by atoms with Crippen LogP contribution in [0.3, 0.4) is 0 Å². The second-order valence-corrected chi connectivity index (χ2v) is 7.23. The third-order valence-electron chi connectivity index (χ3n) is 4.84. The summed E-state index contributed by atoms with van der Waals surface area (Å²) in [5.41, 5.74) is 4.36. The molecule has 0 bridgehead atoms. The largest absolute Gasteiger partial charge is 0.467 e. The number of aryl methyl sites for hydroxylation is 2. The molecule has 3 aromatic rings. The topological polar surface area (TPSA) is 71.8 Å². The Morgan fingerprint density at radius 1 is 1.07 bits per heavy atom. The summed E-state index contributed by atoms with van der Waals surface area (Å²) in [4.78, 5) is 26.6. The van der Waals surface area contributed by atoms with Crippen LogP contribution in [0.5, 0.6) is 0 Å². The van der Waals surface area contributed by atoms with Crippen LogP contribution in [0.25, 0.3) is 0 Å². The van der Waals surface area contributed by atoms with E-state index >= 15 is 0 Å². The molecule has 0 saturated carbocycles. The number of furan rings is 1. The van der Waals surface area contributed by atoms with Gasteiger partial charge in [0.25, 0.3) is 5.91 Å². The molecule has 0 spiro atoms. The summed E-state index contributed by atoms with van der Waals surface area (Å²) in [5, 5.41) is 3.16. The molecule has 156 valence electrons. The quantitative estimate of drug-likeness (QED) is 0.564. The SMILES string of the molecule is Cc1ccc(CN(C)C(=O)COC(=O)c2ccccc2NCc2ccco2)c(C)c1. The average molecular weight is 406 g/mol. The van der Waals surface area contributed by atoms with Crippen molar-refractivity contribution >= 4 is 17.6 Å². The van der Waals surface area contributed by atoms with E-state index in [2.05, 4.69) is 11.4 Å². The van der Waals surface area contributed by atoms with Gasteiger partial charge < -0.3 is 19.4 Å². The summed E-state index contributed by atoms with van der Waals surface area (Å²) < 4.78 is 10.6. The number of rotatable bonds is 8. The third kappa shape index (κ3) is 5.50. The van der Waals surface area contributed by atoms with Gasteiger partial charge in [-0.05, 0) is 49.2 Å². The van der Waals surface area contributed by atoms with Crippen molar-refractivity contribution in [3.05, 3.63) is 88.9 Å². The number of hydrogen-bond donors (Lipinski definition) is 1. The smallest absolute Gasteiger partial charge is 0.340 e. The second-order valence-electron chi connectivity index (χ2n) is 7.23. The highest BCUT2D eigenvalue weighted by atomic mass is 16.5. The molecule has 0 aliphatic carbocycles. The summed E-state index contributed by atoms with van der Waals surface area (Å²) in [5.74, 6) is -0.0588. The second kappa shape index (κ2) is 9.78. The monoisotopic (exact) mass is 406 g/mol. The van der Waals surface area contributed by atoms with Crippen molar-refractivity contribution in [1.82, 2.24) is 4.90 Å². The third-order valence-corrected chi connectivity index (χ3v) is 4.84. The molecule has 0 fully saturated rings. The van der Waals surface area contributed by atoms with Gasteiger partial charge in [0.2, 0.25) is 0 Å². The fraction of sp³-hybridized carbons (Fsp3) is 0.250. The number of para-hydroxylation sites is 1. The van der Waals surface area contributed by atoms with Crippen LogP contribution in [0.4, 0.5) is 5.69 Å². The molecule has 0 atom stereocenters. The lowest BCUT2D eigenvalue weighted by atomic mass is 10.1. The van der Waals surface area contributed by atoms with Crippen LogP contribution in [0.1, 0.15) is 32.8 Å². The standard InChI is InChI=1S/C24H26N2O4/c1-17-10-11-19(18(2)13-17)15-26(3)23(27)16-30-24(28)21-8-4-5-9-22(21)25-14-20-7-6-12-29-20/h4-13,25H,14-16H2,1-3H3. The molecule has 0 unspecified atom stereocenters. The first-order chi connectivity index (χ1) is 14.4. The number of esters is 1. The molecular formula is C24H26N2O4. The molecule has 6 nitrogen and oxygen atoms in total. The summed E-state index contributed by atoms with van der Waals surface area (Å²) in [6, 6.07) is 16.8. The summed E-state index contributed by atoms with van der Waals surface area (Å²) in [6.07, 6.45) is 1.59. The lowest BCUT2D eigenvalue weighted by Gasteiger charge is -2.19. The average Bonchev–Trinajstić information content (AvgIpc) is 3.26. The van der Waals surface area contributed by atoms with E-state index in [9.17, 15) is 9.59 Å². The molecule has 1 aromatic heterocycles. The predicted octanol–water partition coefficient (Wildman–Crippen LogP) is 4.32. The Hall–Kier alpha value is -3.54. The molecule has 0 aliphatic heterocycles. The molecule has 1 N–H and O–H groups in total. The minimum atomic E-state index is -0.550. The number of carbonyl (C=O) groups is 2. The Kier molecular flexibility index (Phi) is 6.91. The fourth-order valence-electron chi connectivity index (χ4n) is 3.09. The van der Waals surface area contributed by atoms with Gasteiger partial charge in [0, 0.05) is 19.3 Å². The number of amides is 1. The normalized spacial score (nSPS) is 10.5. The van der Waals surface area contributed by atoms with Gasteiger partial charge in [-0.2, -0.15) is 0 Å². The van der Waals surface area contributed by atoms with Crippen molar-refractivity contribution in [2.45, 2.75) is 26.9 Å². The van der Waals surface area contributed by atoms with E-state index in [1.807, 2.05) is 38.1 Å². The van der Waals surface area contributed by atoms with Gasteiger partial charge in [-0.25, -0.2) is 4.79 Å². The molecule has 30 heavy (non-hydrogen) atoms. The van der Waals surface area contributed by atoms with E-state index in [-0.39, 0.29) is 12.5 Å². The number of ether oxygens (including phenoxy) is 1. The molecule has 0 radical (unpaired) electrons. The molecule has 2 aromatic carbocycles. The van der Waals surface area contributed by atoms with Gasteiger partial charge >= 0.3 is 5.97 Å². The molecule has 0 saturated heterocycles. The maximum absolute atomic E-state index is 12.5. The van der Waals surface area contributed by atoms with Crippen molar-refractivity contribution in [3.8, 4) is 0 Å². The minimum Gasteiger partial charge on any atom is -0.467 e. The van der Waals surface area contributed by atoms with Crippen molar-refractivity contribution < 1.29 is 18.7 Å². The summed E-state index contributed by atoms with van der Waals surface area (Å²) >= 11 is 0. The highest BCUT2D eigenvalue weighted by Crippen LogP contribution is 2.18.